The van der Waals surface area contributed by atoms with Gasteiger partial charge in [-0.15, -0.1) is 0 Å². The quantitative estimate of drug-likeness (QED) is 0.831. The van der Waals surface area contributed by atoms with Crippen molar-refractivity contribution in [2.45, 2.75) is 24.8 Å². The summed E-state index contributed by atoms with van der Waals surface area (Å²) in [6.45, 7) is 0. The molecule has 3 heteroatoms. The third-order valence-corrected chi connectivity index (χ3v) is 4.09. The zero-order chi connectivity index (χ0) is 10.4. The highest BCUT2D eigenvalue weighted by molar-refractivity contribution is 9.10. The molecule has 2 fully saturated rings. The Kier molecular flexibility index (Phi) is 2.09. The molecule has 2 unspecified atom stereocenters. The first-order valence-corrected chi connectivity index (χ1v) is 6.09. The Bertz CT molecular complexity index is 401. The van der Waals surface area contributed by atoms with Gasteiger partial charge in [0.05, 0.1) is 0 Å². The third kappa shape index (κ3) is 1.49. The molecule has 1 saturated heterocycles. The number of benzene rings is 1. The van der Waals surface area contributed by atoms with E-state index in [1.54, 1.807) is 0 Å². The Hall–Kier alpha value is -0.830. The minimum Gasteiger partial charge on any atom is -0.352 e. The standard InChI is InChI=1S/C12H12BrNO/c13-9-3-1-7(2-4-9)10-5-8-6-11(10)14-12(8)15/h1-4,8,10-11H,5-6H2,(H,14,15)/t8?,10?,11-/m0/s1. The van der Waals surface area contributed by atoms with Crippen molar-refractivity contribution in [1.29, 1.82) is 0 Å². The van der Waals surface area contributed by atoms with E-state index < -0.39 is 0 Å². The molecule has 78 valence electrons. The van der Waals surface area contributed by atoms with Crippen molar-refractivity contribution in [1.82, 2.24) is 5.32 Å². The smallest absolute Gasteiger partial charge is 0.223 e. The Morgan fingerprint density at radius 2 is 1.93 bits per heavy atom. The Balaban J connectivity index is 1.85. The molecule has 0 radical (unpaired) electrons. The van der Waals surface area contributed by atoms with E-state index >= 15 is 0 Å². The summed E-state index contributed by atoms with van der Waals surface area (Å²) in [6.07, 6.45) is 2.05. The third-order valence-electron chi connectivity index (χ3n) is 3.56. The summed E-state index contributed by atoms with van der Waals surface area (Å²) in [6, 6.07) is 8.83. The van der Waals surface area contributed by atoms with Gasteiger partial charge in [-0.2, -0.15) is 0 Å². The Morgan fingerprint density at radius 3 is 2.47 bits per heavy atom. The highest BCUT2D eigenvalue weighted by atomic mass is 79.9. The van der Waals surface area contributed by atoms with Crippen LogP contribution in [0.1, 0.15) is 24.3 Å². The van der Waals surface area contributed by atoms with Gasteiger partial charge in [-0.05, 0) is 30.5 Å². The number of nitrogens with one attached hydrogen (secondary N) is 1. The van der Waals surface area contributed by atoms with E-state index in [1.807, 2.05) is 0 Å². The SMILES string of the molecule is O=C1N[C@H]2CC1CC2c1ccc(Br)cc1. The minimum absolute atomic E-state index is 0.258. The van der Waals surface area contributed by atoms with Crippen LogP contribution in [-0.2, 0) is 4.79 Å². The predicted molar refractivity (Wildman–Crippen MR) is 61.5 cm³/mol. The summed E-state index contributed by atoms with van der Waals surface area (Å²) < 4.78 is 1.11. The van der Waals surface area contributed by atoms with E-state index in [9.17, 15) is 4.79 Å². The van der Waals surface area contributed by atoms with Crippen LogP contribution in [0.3, 0.4) is 0 Å². The van der Waals surface area contributed by atoms with E-state index in [0.717, 1.165) is 17.3 Å². The predicted octanol–water partition coefficient (Wildman–Crippen LogP) is 2.44. The van der Waals surface area contributed by atoms with E-state index in [0.29, 0.717) is 12.0 Å². The van der Waals surface area contributed by atoms with Gasteiger partial charge in [-0.25, -0.2) is 0 Å². The minimum atomic E-state index is 0.258. The molecule has 1 aromatic rings. The van der Waals surface area contributed by atoms with Crippen molar-refractivity contribution in [3.05, 3.63) is 34.3 Å². The molecule has 2 aliphatic rings. The number of fused-ring (bicyclic) bond motifs is 2. The highest BCUT2D eigenvalue weighted by Gasteiger charge is 2.45. The maximum atomic E-state index is 11.3. The number of halogens is 1. The van der Waals surface area contributed by atoms with E-state index in [2.05, 4.69) is 45.5 Å². The molecular weight excluding hydrogens is 254 g/mol. The van der Waals surface area contributed by atoms with Gasteiger partial charge >= 0.3 is 0 Å². The fourth-order valence-corrected chi connectivity index (χ4v) is 3.05. The number of carbonyl (C=O) groups is 1. The Morgan fingerprint density at radius 1 is 1.20 bits per heavy atom. The summed E-state index contributed by atoms with van der Waals surface area (Å²) >= 11 is 3.43. The maximum absolute atomic E-state index is 11.3. The first-order chi connectivity index (χ1) is 7.24. The number of carbonyl (C=O) groups excluding carboxylic acids is 1. The molecule has 15 heavy (non-hydrogen) atoms. The van der Waals surface area contributed by atoms with Gasteiger partial charge in [0.25, 0.3) is 0 Å². The van der Waals surface area contributed by atoms with Crippen molar-refractivity contribution in [2.75, 3.05) is 0 Å². The second-order valence-electron chi connectivity index (χ2n) is 4.44. The molecule has 1 heterocycles. The maximum Gasteiger partial charge on any atom is 0.223 e. The molecule has 0 aromatic heterocycles. The molecule has 1 saturated carbocycles. The molecule has 2 nitrogen and oxygen atoms in total. The van der Waals surface area contributed by atoms with Gasteiger partial charge in [0, 0.05) is 22.4 Å². The normalized spacial score (nSPS) is 33.1. The lowest BCUT2D eigenvalue weighted by molar-refractivity contribution is -0.123. The van der Waals surface area contributed by atoms with Crippen LogP contribution in [0.15, 0.2) is 28.7 Å². The first-order valence-electron chi connectivity index (χ1n) is 5.30. The Labute approximate surface area is 97.2 Å². The van der Waals surface area contributed by atoms with Gasteiger partial charge in [-0.1, -0.05) is 28.1 Å². The average molecular weight is 266 g/mol. The van der Waals surface area contributed by atoms with E-state index in [-0.39, 0.29) is 11.8 Å². The van der Waals surface area contributed by atoms with Crippen LogP contribution in [0.5, 0.6) is 0 Å². The molecule has 1 aliphatic carbocycles. The lowest BCUT2D eigenvalue weighted by atomic mass is 9.91. The number of amides is 1. The fourth-order valence-electron chi connectivity index (χ4n) is 2.79. The van der Waals surface area contributed by atoms with Gasteiger partial charge in [0.2, 0.25) is 5.91 Å². The van der Waals surface area contributed by atoms with E-state index in [4.69, 9.17) is 0 Å². The molecule has 3 rings (SSSR count). The number of piperidine rings is 1. The van der Waals surface area contributed by atoms with Crippen LogP contribution in [0, 0.1) is 5.92 Å². The first kappa shape index (κ1) is 9.40. The molecule has 1 amide bonds. The van der Waals surface area contributed by atoms with Crippen molar-refractivity contribution in [3.8, 4) is 0 Å². The highest BCUT2D eigenvalue weighted by Crippen LogP contribution is 2.42. The molecule has 1 aromatic carbocycles. The van der Waals surface area contributed by atoms with Crippen molar-refractivity contribution >= 4 is 21.8 Å². The summed E-state index contributed by atoms with van der Waals surface area (Å²) in [5, 5.41) is 3.07. The summed E-state index contributed by atoms with van der Waals surface area (Å²) in [5.74, 6) is 1.05. The molecule has 2 bridgehead atoms. The molecule has 1 aliphatic heterocycles. The van der Waals surface area contributed by atoms with Crippen molar-refractivity contribution in [2.24, 2.45) is 5.92 Å². The van der Waals surface area contributed by atoms with Crippen LogP contribution < -0.4 is 5.32 Å². The molecule has 0 spiro atoms. The topological polar surface area (TPSA) is 29.1 Å². The largest absolute Gasteiger partial charge is 0.352 e. The zero-order valence-corrected chi connectivity index (χ0v) is 9.83. The molecule has 3 atom stereocenters. The van der Waals surface area contributed by atoms with E-state index in [1.165, 1.54) is 5.56 Å². The lowest BCUT2D eigenvalue weighted by Crippen LogP contribution is -2.35. The lowest BCUT2D eigenvalue weighted by Gasteiger charge is -2.22. The number of hydrogen-bond donors (Lipinski definition) is 1. The van der Waals surface area contributed by atoms with Crippen LogP contribution >= 0.6 is 15.9 Å². The van der Waals surface area contributed by atoms with Crippen LogP contribution in [-0.4, -0.2) is 11.9 Å². The van der Waals surface area contributed by atoms with Gasteiger partial charge in [0.15, 0.2) is 0 Å². The van der Waals surface area contributed by atoms with Gasteiger partial charge in [-0.3, -0.25) is 4.79 Å². The van der Waals surface area contributed by atoms with Crippen LogP contribution in [0.25, 0.3) is 0 Å². The molecular formula is C12H12BrNO. The summed E-state index contributed by atoms with van der Waals surface area (Å²) in [7, 11) is 0. The molecule has 1 N–H and O–H groups in total. The van der Waals surface area contributed by atoms with Gasteiger partial charge in [0.1, 0.15) is 0 Å². The zero-order valence-electron chi connectivity index (χ0n) is 8.24. The second kappa shape index (κ2) is 3.34. The number of hydrogen-bond acceptors (Lipinski definition) is 1. The summed E-state index contributed by atoms with van der Waals surface area (Å²) in [4.78, 5) is 11.3. The number of rotatable bonds is 1. The fraction of sp³-hybridized carbons (Fsp3) is 0.417. The van der Waals surface area contributed by atoms with Crippen molar-refractivity contribution in [3.63, 3.8) is 0 Å². The van der Waals surface area contributed by atoms with Crippen LogP contribution in [0.4, 0.5) is 0 Å². The van der Waals surface area contributed by atoms with Crippen molar-refractivity contribution < 1.29 is 4.79 Å². The monoisotopic (exact) mass is 265 g/mol. The summed E-state index contributed by atoms with van der Waals surface area (Å²) in [5.41, 5.74) is 1.35. The average Bonchev–Trinajstić information content (AvgIpc) is 2.77. The second-order valence-corrected chi connectivity index (χ2v) is 5.36. The van der Waals surface area contributed by atoms with Gasteiger partial charge < -0.3 is 5.32 Å². The van der Waals surface area contributed by atoms with Crippen LogP contribution in [0.2, 0.25) is 0 Å².